The topological polar surface area (TPSA) is 191 Å². The number of nitrogen functional groups attached to an aromatic ring is 1. The summed E-state index contributed by atoms with van der Waals surface area (Å²) in [6.45, 7) is 1.03. The molecule has 2 aliphatic rings. The molecule has 1 aromatic heterocycles. The molecule has 0 aliphatic carbocycles. The van der Waals surface area contributed by atoms with E-state index < -0.39 is 46.8 Å². The summed E-state index contributed by atoms with van der Waals surface area (Å²) in [7, 11) is 1.23. The zero-order chi connectivity index (χ0) is 24.3. The van der Waals surface area contributed by atoms with Crippen LogP contribution in [0.4, 0.5) is 5.13 Å². The highest BCUT2D eigenvalue weighted by Crippen LogP contribution is 2.41. The number of nitrogens with two attached hydrogens (primary N) is 1. The quantitative estimate of drug-likeness (QED) is 0.129. The third kappa shape index (κ3) is 5.31. The lowest BCUT2D eigenvalue weighted by Gasteiger charge is -2.49. The zero-order valence-corrected chi connectivity index (χ0v) is 19.0. The molecule has 1 unspecified atom stereocenters. The maximum absolute atomic E-state index is 12.8. The monoisotopic (exact) mass is 497 g/mol. The normalized spacial score (nSPS) is 21.9. The molecule has 1 aromatic rings. The van der Waals surface area contributed by atoms with Gasteiger partial charge in [0.05, 0.1) is 5.25 Å². The van der Waals surface area contributed by atoms with Gasteiger partial charge in [0.25, 0.3) is 11.8 Å². The number of ether oxygens (including phenoxy) is 1. The lowest BCUT2D eigenvalue weighted by molar-refractivity contribution is -0.150. The number of oxime groups is 1. The minimum absolute atomic E-state index is 0.151. The molecule has 3 rings (SSSR count). The lowest BCUT2D eigenvalue weighted by Crippen LogP contribution is -2.71. The Morgan fingerprint density at radius 2 is 2.09 bits per heavy atom. The van der Waals surface area contributed by atoms with Crippen molar-refractivity contribution in [2.45, 2.75) is 30.0 Å². The van der Waals surface area contributed by atoms with Crippen LogP contribution in [0.15, 0.2) is 22.3 Å². The first kappa shape index (κ1) is 24.2. The first-order valence-corrected chi connectivity index (χ1v) is 11.2. The van der Waals surface area contributed by atoms with Crippen LogP contribution in [-0.4, -0.2) is 80.6 Å². The number of esters is 1. The predicted octanol–water partition coefficient (Wildman–Crippen LogP) is -0.665. The van der Waals surface area contributed by atoms with E-state index in [0.29, 0.717) is 0 Å². The number of ketones is 1. The fourth-order valence-electron chi connectivity index (χ4n) is 3.06. The Morgan fingerprint density at radius 1 is 1.36 bits per heavy atom. The van der Waals surface area contributed by atoms with Crippen LogP contribution in [0.5, 0.6) is 0 Å². The van der Waals surface area contributed by atoms with Crippen molar-refractivity contribution in [3.05, 3.63) is 22.8 Å². The number of anilines is 1. The molecule has 1 fully saturated rings. The number of rotatable bonds is 9. The summed E-state index contributed by atoms with van der Waals surface area (Å²) >= 11 is 2.21. The first-order chi connectivity index (χ1) is 15.6. The molecule has 4 N–H and O–H groups in total. The average molecular weight is 498 g/mol. The summed E-state index contributed by atoms with van der Waals surface area (Å²) in [5.41, 5.74) is 5.25. The minimum Gasteiger partial charge on any atom is -0.477 e. The second kappa shape index (κ2) is 9.99. The number of thioether (sulfide) groups is 1. The van der Waals surface area contributed by atoms with Crippen LogP contribution in [0, 0.1) is 0 Å². The Kier molecular flexibility index (Phi) is 7.33. The molecule has 176 valence electrons. The van der Waals surface area contributed by atoms with Gasteiger partial charge in [-0.15, -0.1) is 23.1 Å². The summed E-state index contributed by atoms with van der Waals surface area (Å²) < 4.78 is 5.04. The lowest BCUT2D eigenvalue weighted by atomic mass is 10.0. The third-order valence-electron chi connectivity index (χ3n) is 4.43. The van der Waals surface area contributed by atoms with E-state index in [2.05, 4.69) is 15.5 Å². The fourth-order valence-corrected chi connectivity index (χ4v) is 5.00. The van der Waals surface area contributed by atoms with Crippen molar-refractivity contribution in [3.63, 3.8) is 0 Å². The number of hydrogen-bond donors (Lipinski definition) is 3. The van der Waals surface area contributed by atoms with E-state index in [4.69, 9.17) is 15.3 Å². The third-order valence-corrected chi connectivity index (χ3v) is 6.49. The largest absolute Gasteiger partial charge is 0.477 e. The number of aliphatic carboxylic acids is 1. The number of amides is 2. The number of aromatic nitrogens is 1. The number of nitrogens with one attached hydrogen (secondary N) is 1. The number of β-lactam (4-membered cyclic amide) rings is 1. The van der Waals surface area contributed by atoms with Crippen molar-refractivity contribution in [2.24, 2.45) is 5.16 Å². The second-order valence-corrected chi connectivity index (χ2v) is 9.09. The maximum atomic E-state index is 12.8. The van der Waals surface area contributed by atoms with E-state index in [1.807, 2.05) is 0 Å². The maximum Gasteiger partial charge on any atom is 0.352 e. The smallest absolute Gasteiger partial charge is 0.352 e. The number of carboxylic acids is 1. The van der Waals surface area contributed by atoms with E-state index in [0.717, 1.165) is 28.0 Å². The molecular formula is C18H19N5O8S2. The van der Waals surface area contributed by atoms with Gasteiger partial charge in [0.2, 0.25) is 0 Å². The van der Waals surface area contributed by atoms with Gasteiger partial charge in [-0.25, -0.2) is 9.78 Å². The zero-order valence-electron chi connectivity index (χ0n) is 17.3. The van der Waals surface area contributed by atoms with Crippen molar-refractivity contribution in [2.75, 3.05) is 19.5 Å². The number of Topliss-reactive ketones (excluding diaryl/α,β-unsaturated/α-hetero) is 1. The molecular weight excluding hydrogens is 478 g/mol. The fraction of sp³-hybridized carbons (Fsp3) is 0.389. The number of thiazole rings is 1. The van der Waals surface area contributed by atoms with E-state index in [1.54, 1.807) is 0 Å². The Labute approximate surface area is 195 Å². The van der Waals surface area contributed by atoms with Gasteiger partial charge < -0.3 is 25.7 Å². The van der Waals surface area contributed by atoms with Crippen molar-refractivity contribution >= 4 is 63.5 Å². The van der Waals surface area contributed by atoms with Crippen molar-refractivity contribution < 1.29 is 38.7 Å². The van der Waals surface area contributed by atoms with E-state index in [9.17, 15) is 29.1 Å². The van der Waals surface area contributed by atoms with Gasteiger partial charge in [0, 0.05) is 5.38 Å². The molecule has 13 nitrogen and oxygen atoms in total. The number of carbonyl (C=O) groups is 5. The van der Waals surface area contributed by atoms with Gasteiger partial charge in [-0.1, -0.05) is 5.16 Å². The average Bonchev–Trinajstić information content (AvgIpc) is 3.18. The van der Waals surface area contributed by atoms with Crippen LogP contribution in [0.2, 0.25) is 0 Å². The molecule has 3 heterocycles. The van der Waals surface area contributed by atoms with Gasteiger partial charge in [0.15, 0.2) is 10.8 Å². The highest BCUT2D eigenvalue weighted by Gasteiger charge is 2.54. The Balaban J connectivity index is 1.74. The SMILES string of the molecule is CO/N=C(\C(=O)N[C@@H]1C(=O)N2C(C(=O)O)=CC(COC(=O)CC(C)=O)S[C@@H]12)c1csc(N)n1. The van der Waals surface area contributed by atoms with Crippen LogP contribution < -0.4 is 11.1 Å². The molecule has 1 saturated heterocycles. The molecule has 2 amide bonds. The van der Waals surface area contributed by atoms with E-state index in [-0.39, 0.29) is 34.6 Å². The molecule has 0 aromatic carbocycles. The summed E-state index contributed by atoms with van der Waals surface area (Å²) in [6.07, 6.45) is 0.888. The molecule has 0 bridgehead atoms. The van der Waals surface area contributed by atoms with Gasteiger partial charge in [-0.3, -0.25) is 24.1 Å². The molecule has 33 heavy (non-hydrogen) atoms. The molecule has 0 radical (unpaired) electrons. The molecule has 3 atom stereocenters. The predicted molar refractivity (Wildman–Crippen MR) is 116 cm³/mol. The van der Waals surface area contributed by atoms with Crippen molar-refractivity contribution in [1.29, 1.82) is 0 Å². The minimum atomic E-state index is -1.35. The summed E-state index contributed by atoms with van der Waals surface area (Å²) in [5, 5.41) is 16.0. The van der Waals surface area contributed by atoms with E-state index >= 15 is 0 Å². The summed E-state index contributed by atoms with van der Waals surface area (Å²) in [6, 6.07) is -1.07. The number of hydrogen-bond acceptors (Lipinski definition) is 12. The van der Waals surface area contributed by atoms with Crippen molar-refractivity contribution in [3.8, 4) is 0 Å². The van der Waals surface area contributed by atoms with Crippen molar-refractivity contribution in [1.82, 2.24) is 15.2 Å². The second-order valence-electron chi connectivity index (χ2n) is 6.84. The Morgan fingerprint density at radius 3 is 2.67 bits per heavy atom. The van der Waals surface area contributed by atoms with Gasteiger partial charge >= 0.3 is 11.9 Å². The van der Waals surface area contributed by atoms with Crippen LogP contribution in [0.1, 0.15) is 19.0 Å². The van der Waals surface area contributed by atoms with Gasteiger partial charge in [-0.2, -0.15) is 0 Å². The van der Waals surface area contributed by atoms with Crippen LogP contribution >= 0.6 is 23.1 Å². The number of carbonyl (C=O) groups excluding carboxylic acids is 4. The summed E-state index contributed by atoms with van der Waals surface area (Å²) in [5.74, 6) is -3.86. The number of nitrogens with zero attached hydrogens (tertiary/aromatic N) is 3. The molecule has 2 aliphatic heterocycles. The Hall–Kier alpha value is -3.46. The molecule has 0 saturated carbocycles. The van der Waals surface area contributed by atoms with Crippen LogP contribution in [-0.2, 0) is 33.5 Å². The number of carboxylic acid groups (broad SMARTS) is 1. The standard InChI is InChI=1S/C18H19N5O8S2/c1-7(24)3-11(25)31-5-8-4-10(17(28)29)23-15(27)13(16(23)33-8)21-14(26)12(22-30-2)9-6-32-18(19)20-9/h4,6,8,13,16H,3,5H2,1-2H3,(H2,19,20)(H,21,26)(H,28,29)/b22-12-/t8?,13-,16+/m1/s1. The van der Waals surface area contributed by atoms with Crippen LogP contribution in [0.25, 0.3) is 0 Å². The summed E-state index contributed by atoms with van der Waals surface area (Å²) in [4.78, 5) is 69.5. The highest BCUT2D eigenvalue weighted by atomic mass is 32.2. The first-order valence-electron chi connectivity index (χ1n) is 9.34. The van der Waals surface area contributed by atoms with Crippen LogP contribution in [0.3, 0.4) is 0 Å². The number of fused-ring (bicyclic) bond motifs is 1. The Bertz CT molecular complexity index is 1070. The molecule has 15 heteroatoms. The van der Waals surface area contributed by atoms with E-state index in [1.165, 1.54) is 25.5 Å². The highest BCUT2D eigenvalue weighted by molar-refractivity contribution is 8.00. The molecule has 0 spiro atoms. The van der Waals surface area contributed by atoms with Gasteiger partial charge in [-0.05, 0) is 13.0 Å². The van der Waals surface area contributed by atoms with Gasteiger partial charge in [0.1, 0.15) is 48.7 Å².